The highest BCUT2D eigenvalue weighted by Gasteiger charge is 2.39. The van der Waals surface area contributed by atoms with Crippen LogP contribution in [0.5, 0.6) is 5.75 Å². The fraction of sp³-hybridized carbons (Fsp3) is 0.333. The lowest BCUT2D eigenvalue weighted by Gasteiger charge is -2.16. The van der Waals surface area contributed by atoms with E-state index in [1.54, 1.807) is 0 Å². The van der Waals surface area contributed by atoms with Crippen LogP contribution in [-0.2, 0) is 14.3 Å². The van der Waals surface area contributed by atoms with E-state index in [1.165, 1.54) is 16.7 Å². The molecule has 2 aromatic rings. The maximum Gasteiger partial charge on any atom is 0.268 e. The molecule has 2 aromatic carbocycles. The predicted molar refractivity (Wildman–Crippen MR) is 119 cm³/mol. The molecular formula is C24H27NO4S. The van der Waals surface area contributed by atoms with Crippen molar-refractivity contribution in [1.29, 1.82) is 0 Å². The van der Waals surface area contributed by atoms with Crippen LogP contribution in [0.4, 0.5) is 0 Å². The number of imide groups is 1. The molecule has 6 heteroatoms. The molecule has 0 fully saturated rings. The van der Waals surface area contributed by atoms with E-state index in [4.69, 9.17) is 9.47 Å². The van der Waals surface area contributed by atoms with Crippen molar-refractivity contribution >= 4 is 29.1 Å². The normalized spacial score (nSPS) is 14.2. The van der Waals surface area contributed by atoms with Gasteiger partial charge < -0.3 is 9.47 Å². The number of ether oxygens (including phenoxy) is 2. The molecule has 30 heavy (non-hydrogen) atoms. The van der Waals surface area contributed by atoms with Gasteiger partial charge in [-0.05, 0) is 57.0 Å². The van der Waals surface area contributed by atoms with Crippen molar-refractivity contribution in [3.8, 4) is 5.75 Å². The maximum absolute atomic E-state index is 13.2. The summed E-state index contributed by atoms with van der Waals surface area (Å²) in [5, 5.41) is 0. The summed E-state index contributed by atoms with van der Waals surface area (Å²) in [4.78, 5) is 29.1. The van der Waals surface area contributed by atoms with Crippen molar-refractivity contribution in [1.82, 2.24) is 4.90 Å². The molecule has 2 amide bonds. The second kappa shape index (κ2) is 10.5. The average Bonchev–Trinajstić information content (AvgIpc) is 2.96. The van der Waals surface area contributed by atoms with Gasteiger partial charge in [-0.15, -0.1) is 0 Å². The lowest BCUT2D eigenvalue weighted by Crippen LogP contribution is -2.33. The van der Waals surface area contributed by atoms with Crippen molar-refractivity contribution in [3.05, 3.63) is 65.1 Å². The minimum Gasteiger partial charge on any atom is -0.494 e. The molecule has 158 valence electrons. The minimum atomic E-state index is -0.257. The van der Waals surface area contributed by atoms with Crippen molar-refractivity contribution in [3.63, 3.8) is 0 Å². The van der Waals surface area contributed by atoms with Gasteiger partial charge in [0.15, 0.2) is 0 Å². The van der Waals surface area contributed by atoms with Crippen LogP contribution in [-0.4, -0.2) is 42.6 Å². The summed E-state index contributed by atoms with van der Waals surface area (Å²) in [7, 11) is 0. The van der Waals surface area contributed by atoms with Crippen LogP contribution in [0.3, 0.4) is 0 Å². The Morgan fingerprint density at radius 1 is 0.967 bits per heavy atom. The van der Waals surface area contributed by atoms with Crippen molar-refractivity contribution in [2.75, 3.05) is 19.8 Å². The van der Waals surface area contributed by atoms with E-state index in [2.05, 4.69) is 0 Å². The SMILES string of the molecule is CCOc1ccc(C2=C(Sc3ccccc3)C(=O)N(CCCOC(C)C)C2=O)cc1. The van der Waals surface area contributed by atoms with Crippen LogP contribution in [0, 0.1) is 0 Å². The van der Waals surface area contributed by atoms with Crippen LogP contribution < -0.4 is 4.74 Å². The lowest BCUT2D eigenvalue weighted by molar-refractivity contribution is -0.136. The summed E-state index contributed by atoms with van der Waals surface area (Å²) in [6.07, 6.45) is 0.729. The number of thioether (sulfide) groups is 1. The van der Waals surface area contributed by atoms with E-state index in [1.807, 2.05) is 75.4 Å². The fourth-order valence-corrected chi connectivity index (χ4v) is 4.17. The first-order chi connectivity index (χ1) is 14.5. The molecule has 0 saturated heterocycles. The quantitative estimate of drug-likeness (QED) is 0.405. The van der Waals surface area contributed by atoms with E-state index in [0.717, 1.165) is 16.2 Å². The van der Waals surface area contributed by atoms with Gasteiger partial charge in [0.05, 0.1) is 23.2 Å². The summed E-state index contributed by atoms with van der Waals surface area (Å²) in [5.41, 5.74) is 1.16. The standard InChI is InChI=1S/C24H27NO4S/c1-4-28-19-13-11-18(12-14-19)21-22(30-20-9-6-5-7-10-20)24(27)25(23(21)26)15-8-16-29-17(2)3/h5-7,9-14,17H,4,8,15-16H2,1-3H3. The number of rotatable bonds is 10. The number of hydrogen-bond acceptors (Lipinski definition) is 5. The zero-order valence-corrected chi connectivity index (χ0v) is 18.4. The number of amides is 2. The molecule has 0 saturated carbocycles. The Labute approximate surface area is 182 Å². The van der Waals surface area contributed by atoms with E-state index in [0.29, 0.717) is 36.7 Å². The van der Waals surface area contributed by atoms with Gasteiger partial charge in [-0.1, -0.05) is 42.1 Å². The predicted octanol–water partition coefficient (Wildman–Crippen LogP) is 4.77. The second-order valence-corrected chi connectivity index (χ2v) is 8.20. The number of benzene rings is 2. The van der Waals surface area contributed by atoms with Crippen molar-refractivity contribution < 1.29 is 19.1 Å². The Hall–Kier alpha value is -2.57. The summed E-state index contributed by atoms with van der Waals surface area (Å²) in [6, 6.07) is 17.0. The number of nitrogens with zero attached hydrogens (tertiary/aromatic N) is 1. The molecule has 1 aliphatic heterocycles. The highest BCUT2D eigenvalue weighted by Crippen LogP contribution is 2.40. The number of hydrogen-bond donors (Lipinski definition) is 0. The van der Waals surface area contributed by atoms with Gasteiger partial charge in [0.25, 0.3) is 11.8 Å². The summed E-state index contributed by atoms with van der Waals surface area (Å²) >= 11 is 1.33. The van der Waals surface area contributed by atoms with Crippen molar-refractivity contribution in [2.24, 2.45) is 0 Å². The first-order valence-electron chi connectivity index (χ1n) is 10.2. The summed E-state index contributed by atoms with van der Waals surface area (Å²) in [6.45, 7) is 7.27. The van der Waals surface area contributed by atoms with E-state index < -0.39 is 0 Å². The Bertz CT molecular complexity index is 907. The molecule has 0 unspecified atom stereocenters. The van der Waals surface area contributed by atoms with E-state index >= 15 is 0 Å². The van der Waals surface area contributed by atoms with E-state index in [9.17, 15) is 9.59 Å². The largest absolute Gasteiger partial charge is 0.494 e. The fourth-order valence-electron chi connectivity index (χ4n) is 3.14. The molecule has 0 aliphatic carbocycles. The highest BCUT2D eigenvalue weighted by atomic mass is 32.2. The Kier molecular flexibility index (Phi) is 7.71. The van der Waals surface area contributed by atoms with Gasteiger partial charge in [-0.2, -0.15) is 0 Å². The van der Waals surface area contributed by atoms with Gasteiger partial charge in [0.1, 0.15) is 5.75 Å². The Morgan fingerprint density at radius 3 is 2.30 bits per heavy atom. The second-order valence-electron chi connectivity index (χ2n) is 7.11. The van der Waals surface area contributed by atoms with Crippen LogP contribution in [0.25, 0.3) is 5.57 Å². The first-order valence-corrected chi connectivity index (χ1v) is 11.0. The van der Waals surface area contributed by atoms with Gasteiger partial charge in [0.2, 0.25) is 0 Å². The van der Waals surface area contributed by atoms with Gasteiger partial charge >= 0.3 is 0 Å². The van der Waals surface area contributed by atoms with Gasteiger partial charge in [-0.25, -0.2) is 0 Å². The molecule has 0 bridgehead atoms. The third-order valence-electron chi connectivity index (χ3n) is 4.52. The van der Waals surface area contributed by atoms with Crippen LogP contribution in [0.2, 0.25) is 0 Å². The monoisotopic (exact) mass is 425 g/mol. The number of carbonyl (C=O) groups excluding carboxylic acids is 2. The average molecular weight is 426 g/mol. The Balaban J connectivity index is 1.87. The smallest absolute Gasteiger partial charge is 0.268 e. The molecule has 0 radical (unpaired) electrons. The molecule has 1 aliphatic rings. The minimum absolute atomic E-state index is 0.122. The third kappa shape index (κ3) is 5.32. The molecule has 0 atom stereocenters. The highest BCUT2D eigenvalue weighted by molar-refractivity contribution is 8.04. The molecule has 5 nitrogen and oxygen atoms in total. The molecule has 0 aromatic heterocycles. The van der Waals surface area contributed by atoms with Crippen LogP contribution in [0.1, 0.15) is 32.8 Å². The first kappa shape index (κ1) is 22.1. The molecular weight excluding hydrogens is 398 g/mol. The van der Waals surface area contributed by atoms with Crippen LogP contribution >= 0.6 is 11.8 Å². The molecule has 3 rings (SSSR count). The van der Waals surface area contributed by atoms with Gasteiger partial charge in [0, 0.05) is 18.0 Å². The maximum atomic E-state index is 13.2. The number of carbonyl (C=O) groups is 2. The van der Waals surface area contributed by atoms with E-state index in [-0.39, 0.29) is 17.9 Å². The lowest BCUT2D eigenvalue weighted by atomic mass is 10.1. The molecule has 0 N–H and O–H groups in total. The summed E-state index contributed by atoms with van der Waals surface area (Å²) < 4.78 is 11.1. The zero-order valence-electron chi connectivity index (χ0n) is 17.6. The van der Waals surface area contributed by atoms with Crippen molar-refractivity contribution in [2.45, 2.75) is 38.2 Å². The van der Waals surface area contributed by atoms with Gasteiger partial charge in [-0.3, -0.25) is 14.5 Å². The summed E-state index contributed by atoms with van der Waals surface area (Å²) in [5.74, 6) is 0.230. The third-order valence-corrected chi connectivity index (χ3v) is 5.61. The zero-order chi connectivity index (χ0) is 21.5. The van der Waals surface area contributed by atoms with Crippen LogP contribution in [0.15, 0.2) is 64.4 Å². The molecule has 0 spiro atoms. The molecule has 1 heterocycles. The topological polar surface area (TPSA) is 55.8 Å². The Morgan fingerprint density at radius 2 is 1.67 bits per heavy atom.